The minimum Gasteiger partial charge on any atom is -0.496 e. The first-order valence-electron chi connectivity index (χ1n) is 6.92. The van der Waals surface area contributed by atoms with Crippen molar-refractivity contribution in [3.05, 3.63) is 29.8 Å². The quantitative estimate of drug-likeness (QED) is 0.864. The Kier molecular flexibility index (Phi) is 4.80. The number of benzene rings is 1. The number of nitrogens with one attached hydrogen (secondary N) is 1. The van der Waals surface area contributed by atoms with Crippen LogP contribution in [0, 0.1) is 0 Å². The summed E-state index contributed by atoms with van der Waals surface area (Å²) in [7, 11) is 5.05. The van der Waals surface area contributed by atoms with Crippen molar-refractivity contribution in [3.63, 3.8) is 0 Å². The lowest BCUT2D eigenvalue weighted by atomic mass is 10.1. The van der Waals surface area contributed by atoms with Gasteiger partial charge in [-0.25, -0.2) is 0 Å². The van der Waals surface area contributed by atoms with Gasteiger partial charge in [-0.05, 0) is 19.2 Å². The number of para-hydroxylation sites is 1. The van der Waals surface area contributed by atoms with Crippen LogP contribution in [0.15, 0.2) is 24.3 Å². The van der Waals surface area contributed by atoms with Crippen LogP contribution in [0.2, 0.25) is 0 Å². The molecule has 1 aliphatic heterocycles. The van der Waals surface area contributed by atoms with E-state index in [4.69, 9.17) is 4.74 Å². The van der Waals surface area contributed by atoms with E-state index in [0.717, 1.165) is 0 Å². The molecule has 1 saturated heterocycles. The number of ether oxygens (including phenoxy) is 1. The van der Waals surface area contributed by atoms with Crippen LogP contribution >= 0.6 is 0 Å². The Labute approximate surface area is 124 Å². The molecule has 0 bridgehead atoms. The molecule has 21 heavy (non-hydrogen) atoms. The number of rotatable bonds is 3. The van der Waals surface area contributed by atoms with Gasteiger partial charge in [0.25, 0.3) is 5.91 Å². The zero-order valence-electron chi connectivity index (χ0n) is 12.6. The zero-order valence-corrected chi connectivity index (χ0v) is 12.6. The van der Waals surface area contributed by atoms with Gasteiger partial charge in [-0.15, -0.1) is 0 Å². The third-order valence-electron chi connectivity index (χ3n) is 3.82. The van der Waals surface area contributed by atoms with E-state index in [1.165, 1.54) is 0 Å². The first-order chi connectivity index (χ1) is 10.1. The summed E-state index contributed by atoms with van der Waals surface area (Å²) in [5.41, 5.74) is 0.528. The van der Waals surface area contributed by atoms with Crippen LogP contribution < -0.4 is 10.1 Å². The number of piperazine rings is 1. The van der Waals surface area contributed by atoms with Gasteiger partial charge in [-0.3, -0.25) is 14.5 Å². The van der Waals surface area contributed by atoms with E-state index in [0.29, 0.717) is 30.9 Å². The van der Waals surface area contributed by atoms with E-state index in [9.17, 15) is 9.59 Å². The van der Waals surface area contributed by atoms with Crippen LogP contribution in [-0.4, -0.2) is 68.5 Å². The Morgan fingerprint density at radius 2 is 2.00 bits per heavy atom. The van der Waals surface area contributed by atoms with Crippen LogP contribution in [0.1, 0.15) is 10.4 Å². The van der Waals surface area contributed by atoms with Gasteiger partial charge in [0.2, 0.25) is 5.91 Å². The van der Waals surface area contributed by atoms with E-state index < -0.39 is 0 Å². The monoisotopic (exact) mass is 291 g/mol. The maximum atomic E-state index is 12.6. The molecule has 1 N–H and O–H groups in total. The second kappa shape index (κ2) is 6.58. The molecule has 0 saturated carbocycles. The predicted octanol–water partition coefficient (Wildman–Crippen LogP) is 0.197. The Balaban J connectivity index is 2.18. The lowest BCUT2D eigenvalue weighted by Crippen LogP contribution is -2.58. The maximum absolute atomic E-state index is 12.6. The van der Waals surface area contributed by atoms with Crippen molar-refractivity contribution >= 4 is 11.8 Å². The topological polar surface area (TPSA) is 61.9 Å². The number of carbonyl (C=O) groups is 2. The average molecular weight is 291 g/mol. The highest BCUT2D eigenvalue weighted by Gasteiger charge is 2.32. The Morgan fingerprint density at radius 3 is 2.67 bits per heavy atom. The fourth-order valence-corrected chi connectivity index (χ4v) is 2.50. The third-order valence-corrected chi connectivity index (χ3v) is 3.82. The van der Waals surface area contributed by atoms with Crippen LogP contribution in [0.4, 0.5) is 0 Å². The normalized spacial score (nSPS) is 19.2. The number of likely N-dealkylation sites (N-methyl/N-ethyl adjacent to an activating group) is 2. The van der Waals surface area contributed by atoms with Crippen molar-refractivity contribution in [1.82, 2.24) is 15.1 Å². The minimum absolute atomic E-state index is 0.0740. The van der Waals surface area contributed by atoms with Gasteiger partial charge in [-0.1, -0.05) is 12.1 Å². The van der Waals surface area contributed by atoms with Crippen molar-refractivity contribution in [2.75, 3.05) is 40.8 Å². The van der Waals surface area contributed by atoms with E-state index in [-0.39, 0.29) is 17.9 Å². The molecule has 2 rings (SSSR count). The zero-order chi connectivity index (χ0) is 15.4. The Hall–Kier alpha value is -2.08. The molecule has 1 aromatic rings. The standard InChI is InChI=1S/C15H21N3O3/c1-16-14(19)12-10-18(9-8-17(12)2)15(20)11-6-4-5-7-13(11)21-3/h4-7,12H,8-10H2,1-3H3,(H,16,19). The first-order valence-corrected chi connectivity index (χ1v) is 6.92. The van der Waals surface area contributed by atoms with Crippen LogP contribution in [0.5, 0.6) is 5.75 Å². The molecule has 1 aliphatic rings. The number of hydrogen-bond acceptors (Lipinski definition) is 4. The molecule has 6 nitrogen and oxygen atoms in total. The molecule has 0 aromatic heterocycles. The molecule has 0 spiro atoms. The molecule has 1 atom stereocenters. The summed E-state index contributed by atoms with van der Waals surface area (Å²) in [4.78, 5) is 28.2. The van der Waals surface area contributed by atoms with Gasteiger partial charge in [0.15, 0.2) is 0 Å². The summed E-state index contributed by atoms with van der Waals surface area (Å²) in [6.45, 7) is 1.65. The maximum Gasteiger partial charge on any atom is 0.257 e. The fraction of sp³-hybridized carbons (Fsp3) is 0.467. The van der Waals surface area contributed by atoms with Crippen molar-refractivity contribution in [3.8, 4) is 5.75 Å². The number of carbonyl (C=O) groups excluding carboxylic acids is 2. The number of hydrogen-bond donors (Lipinski definition) is 1. The van der Waals surface area contributed by atoms with Crippen molar-refractivity contribution in [2.45, 2.75) is 6.04 Å². The molecule has 0 aliphatic carbocycles. The Bertz CT molecular complexity index is 533. The largest absolute Gasteiger partial charge is 0.496 e. The molecule has 1 unspecified atom stereocenters. The summed E-state index contributed by atoms with van der Waals surface area (Å²) in [5.74, 6) is 0.377. The highest BCUT2D eigenvalue weighted by atomic mass is 16.5. The van der Waals surface area contributed by atoms with Crippen molar-refractivity contribution < 1.29 is 14.3 Å². The fourth-order valence-electron chi connectivity index (χ4n) is 2.50. The molecule has 0 radical (unpaired) electrons. The van der Waals surface area contributed by atoms with E-state index in [2.05, 4.69) is 5.32 Å². The van der Waals surface area contributed by atoms with Gasteiger partial charge in [-0.2, -0.15) is 0 Å². The SMILES string of the molecule is CNC(=O)C1CN(C(=O)c2ccccc2OC)CCN1C. The van der Waals surface area contributed by atoms with Crippen LogP contribution in [-0.2, 0) is 4.79 Å². The number of amides is 2. The summed E-state index contributed by atoms with van der Waals surface area (Å²) >= 11 is 0. The predicted molar refractivity (Wildman–Crippen MR) is 79.4 cm³/mol. The van der Waals surface area contributed by atoms with E-state index >= 15 is 0 Å². The molecule has 1 heterocycles. The summed E-state index contributed by atoms with van der Waals surface area (Å²) in [5, 5.41) is 2.64. The second-order valence-electron chi connectivity index (χ2n) is 5.06. The van der Waals surface area contributed by atoms with E-state index in [1.807, 2.05) is 24.1 Å². The molecule has 1 aromatic carbocycles. The number of nitrogens with zero attached hydrogens (tertiary/aromatic N) is 2. The Morgan fingerprint density at radius 1 is 1.29 bits per heavy atom. The van der Waals surface area contributed by atoms with Gasteiger partial charge >= 0.3 is 0 Å². The summed E-state index contributed by atoms with van der Waals surface area (Å²) in [6.07, 6.45) is 0. The van der Waals surface area contributed by atoms with Gasteiger partial charge in [0, 0.05) is 26.7 Å². The highest BCUT2D eigenvalue weighted by molar-refractivity contribution is 5.97. The molecule has 1 fully saturated rings. The minimum atomic E-state index is -0.317. The molecule has 114 valence electrons. The first kappa shape index (κ1) is 15.3. The van der Waals surface area contributed by atoms with Gasteiger partial charge in [0.1, 0.15) is 11.8 Å². The number of methoxy groups -OCH3 is 1. The van der Waals surface area contributed by atoms with Crippen LogP contribution in [0.25, 0.3) is 0 Å². The molecular formula is C15H21N3O3. The third kappa shape index (κ3) is 3.16. The van der Waals surface area contributed by atoms with Gasteiger partial charge in [0.05, 0.1) is 12.7 Å². The average Bonchev–Trinajstić information content (AvgIpc) is 2.53. The van der Waals surface area contributed by atoms with Crippen LogP contribution in [0.3, 0.4) is 0 Å². The lowest BCUT2D eigenvalue weighted by Gasteiger charge is -2.38. The second-order valence-corrected chi connectivity index (χ2v) is 5.06. The summed E-state index contributed by atoms with van der Waals surface area (Å²) in [6, 6.07) is 6.82. The molecule has 6 heteroatoms. The lowest BCUT2D eigenvalue weighted by molar-refractivity contribution is -0.127. The highest BCUT2D eigenvalue weighted by Crippen LogP contribution is 2.21. The van der Waals surface area contributed by atoms with Crippen molar-refractivity contribution in [1.29, 1.82) is 0 Å². The smallest absolute Gasteiger partial charge is 0.257 e. The molecular weight excluding hydrogens is 270 g/mol. The van der Waals surface area contributed by atoms with Crippen molar-refractivity contribution in [2.24, 2.45) is 0 Å². The van der Waals surface area contributed by atoms with Gasteiger partial charge < -0.3 is 15.0 Å². The summed E-state index contributed by atoms with van der Waals surface area (Å²) < 4.78 is 5.24. The van der Waals surface area contributed by atoms with E-state index in [1.54, 1.807) is 31.2 Å². The molecule has 2 amide bonds.